The number of nitrogens with one attached hydrogen (secondary N) is 1. The highest BCUT2D eigenvalue weighted by molar-refractivity contribution is 7.89. The first-order valence-electron chi connectivity index (χ1n) is 8.72. The topological polar surface area (TPSA) is 72.5 Å². The first-order chi connectivity index (χ1) is 13.2. The van der Waals surface area contributed by atoms with Crippen molar-refractivity contribution in [3.63, 3.8) is 0 Å². The van der Waals surface area contributed by atoms with E-state index in [1.807, 2.05) is 0 Å². The Hall–Kier alpha value is -2.39. The minimum absolute atomic E-state index is 0.275. The van der Waals surface area contributed by atoms with Crippen LogP contribution in [0.2, 0.25) is 0 Å². The van der Waals surface area contributed by atoms with Crippen LogP contribution in [0.1, 0.15) is 55.2 Å². The maximum Gasteiger partial charge on any atom is 0.416 e. The molecule has 1 atom stereocenters. The van der Waals surface area contributed by atoms with E-state index in [4.69, 9.17) is 4.74 Å². The fourth-order valence-corrected chi connectivity index (χ4v) is 3.67. The van der Waals surface area contributed by atoms with E-state index in [1.165, 1.54) is 12.1 Å². The molecule has 2 rings (SSSR count). The van der Waals surface area contributed by atoms with Crippen LogP contribution in [-0.4, -0.2) is 20.0 Å². The van der Waals surface area contributed by atoms with Gasteiger partial charge in [0, 0.05) is 6.04 Å². The molecule has 0 heterocycles. The van der Waals surface area contributed by atoms with E-state index in [0.717, 1.165) is 24.3 Å². The Bertz CT molecular complexity index is 961. The Morgan fingerprint density at radius 1 is 0.966 bits per heavy atom. The van der Waals surface area contributed by atoms with E-state index in [0.29, 0.717) is 11.1 Å². The number of hydrogen-bond acceptors (Lipinski definition) is 4. The fourth-order valence-electron chi connectivity index (χ4n) is 2.44. The number of carbonyl (C=O) groups is 1. The van der Waals surface area contributed by atoms with Crippen molar-refractivity contribution in [1.29, 1.82) is 0 Å². The van der Waals surface area contributed by atoms with Crippen LogP contribution in [0, 0.1) is 0 Å². The molecule has 0 amide bonds. The van der Waals surface area contributed by atoms with Crippen LogP contribution in [0.4, 0.5) is 13.2 Å². The van der Waals surface area contributed by atoms with Gasteiger partial charge in [-0.1, -0.05) is 12.1 Å². The molecule has 0 aromatic heterocycles. The van der Waals surface area contributed by atoms with Gasteiger partial charge < -0.3 is 4.74 Å². The van der Waals surface area contributed by atoms with Gasteiger partial charge in [0.15, 0.2) is 0 Å². The number of esters is 1. The van der Waals surface area contributed by atoms with Crippen LogP contribution in [-0.2, 0) is 20.9 Å². The zero-order chi connectivity index (χ0) is 22.0. The number of hydrogen-bond donors (Lipinski definition) is 1. The zero-order valence-electron chi connectivity index (χ0n) is 16.4. The van der Waals surface area contributed by atoms with E-state index < -0.39 is 39.4 Å². The summed E-state index contributed by atoms with van der Waals surface area (Å²) >= 11 is 0. The maximum absolute atomic E-state index is 12.6. The number of ether oxygens (including phenoxy) is 1. The molecule has 0 spiro atoms. The number of sulfonamides is 1. The standard InChI is InChI=1S/C20H22F3NO4S/c1-13(14-5-7-15(8-6-14)18(25)28-19(2,3)4)24-29(26,27)17-11-9-16(10-12-17)20(21,22)23/h5-13,24H,1-4H3/t13-/m1/s1. The van der Waals surface area contributed by atoms with Gasteiger partial charge >= 0.3 is 12.1 Å². The van der Waals surface area contributed by atoms with Crippen molar-refractivity contribution in [3.05, 3.63) is 65.2 Å². The van der Waals surface area contributed by atoms with Crippen LogP contribution < -0.4 is 4.72 Å². The first kappa shape index (κ1) is 22.9. The van der Waals surface area contributed by atoms with Crippen molar-refractivity contribution in [2.24, 2.45) is 0 Å². The average molecular weight is 429 g/mol. The molecule has 0 fully saturated rings. The Balaban J connectivity index is 2.12. The van der Waals surface area contributed by atoms with E-state index in [2.05, 4.69) is 4.72 Å². The lowest BCUT2D eigenvalue weighted by Gasteiger charge is -2.20. The van der Waals surface area contributed by atoms with Crippen LogP contribution in [0.25, 0.3) is 0 Å². The van der Waals surface area contributed by atoms with Gasteiger partial charge in [-0.3, -0.25) is 0 Å². The number of carbonyl (C=O) groups excluding carboxylic acids is 1. The Labute approximate surface area is 167 Å². The molecule has 0 bridgehead atoms. The van der Waals surface area contributed by atoms with Crippen LogP contribution >= 0.6 is 0 Å². The smallest absolute Gasteiger partial charge is 0.416 e. The second-order valence-electron chi connectivity index (χ2n) is 7.49. The molecule has 5 nitrogen and oxygen atoms in total. The second kappa shape index (κ2) is 8.16. The number of benzene rings is 2. The fraction of sp³-hybridized carbons (Fsp3) is 0.350. The third-order valence-corrected chi connectivity index (χ3v) is 5.43. The maximum atomic E-state index is 12.6. The first-order valence-corrected chi connectivity index (χ1v) is 10.2. The van der Waals surface area contributed by atoms with Crippen LogP contribution in [0.15, 0.2) is 53.4 Å². The normalized spacial score (nSPS) is 13.8. The number of halogens is 3. The largest absolute Gasteiger partial charge is 0.456 e. The molecule has 9 heteroatoms. The van der Waals surface area contributed by atoms with E-state index in [-0.39, 0.29) is 4.90 Å². The van der Waals surface area contributed by atoms with Gasteiger partial charge in [0.1, 0.15) is 5.60 Å². The Morgan fingerprint density at radius 2 is 1.48 bits per heavy atom. The molecule has 0 aliphatic rings. The highest BCUT2D eigenvalue weighted by Gasteiger charge is 2.30. The Kier molecular flexibility index (Phi) is 6.44. The monoisotopic (exact) mass is 429 g/mol. The van der Waals surface area contributed by atoms with Gasteiger partial charge in [0.25, 0.3) is 0 Å². The van der Waals surface area contributed by atoms with Crippen molar-refractivity contribution in [1.82, 2.24) is 4.72 Å². The summed E-state index contributed by atoms with van der Waals surface area (Å²) in [5, 5.41) is 0. The van der Waals surface area contributed by atoms with Crippen molar-refractivity contribution < 1.29 is 31.1 Å². The highest BCUT2D eigenvalue weighted by atomic mass is 32.2. The predicted octanol–water partition coefficient (Wildman–Crippen LogP) is 4.70. The second-order valence-corrected chi connectivity index (χ2v) is 9.20. The SMILES string of the molecule is C[C@@H](NS(=O)(=O)c1ccc(C(F)(F)F)cc1)c1ccc(C(=O)OC(C)(C)C)cc1. The van der Waals surface area contributed by atoms with Crippen LogP contribution in [0.3, 0.4) is 0 Å². The molecule has 0 saturated carbocycles. The molecule has 0 aliphatic carbocycles. The molecule has 0 radical (unpaired) electrons. The summed E-state index contributed by atoms with van der Waals surface area (Å²) in [6.07, 6.45) is -4.54. The molecular formula is C20H22F3NO4S. The van der Waals surface area contributed by atoms with Gasteiger partial charge in [0.2, 0.25) is 10.0 Å². The lowest BCUT2D eigenvalue weighted by Crippen LogP contribution is -2.27. The van der Waals surface area contributed by atoms with Gasteiger partial charge in [-0.05, 0) is 69.7 Å². The van der Waals surface area contributed by atoms with Crippen molar-refractivity contribution in [3.8, 4) is 0 Å². The summed E-state index contributed by atoms with van der Waals surface area (Å²) in [4.78, 5) is 11.8. The van der Waals surface area contributed by atoms with Crippen molar-refractivity contribution in [2.75, 3.05) is 0 Å². The third kappa shape index (κ3) is 6.30. The molecular weight excluding hydrogens is 407 g/mol. The molecule has 0 saturated heterocycles. The molecule has 0 aliphatic heterocycles. The van der Waals surface area contributed by atoms with E-state index in [1.54, 1.807) is 39.8 Å². The van der Waals surface area contributed by atoms with E-state index >= 15 is 0 Å². The quantitative estimate of drug-likeness (QED) is 0.700. The third-order valence-electron chi connectivity index (χ3n) is 3.87. The molecule has 29 heavy (non-hydrogen) atoms. The summed E-state index contributed by atoms with van der Waals surface area (Å²) in [7, 11) is -4.03. The summed E-state index contributed by atoms with van der Waals surface area (Å²) < 4.78 is 70.4. The molecule has 1 N–H and O–H groups in total. The molecule has 2 aromatic carbocycles. The zero-order valence-corrected chi connectivity index (χ0v) is 17.2. The minimum Gasteiger partial charge on any atom is -0.456 e. The summed E-state index contributed by atoms with van der Waals surface area (Å²) in [5.74, 6) is -0.498. The minimum atomic E-state index is -4.54. The lowest BCUT2D eigenvalue weighted by molar-refractivity contribution is -0.137. The molecule has 0 unspecified atom stereocenters. The molecule has 2 aromatic rings. The Morgan fingerprint density at radius 3 is 1.93 bits per heavy atom. The lowest BCUT2D eigenvalue weighted by atomic mass is 10.1. The summed E-state index contributed by atoms with van der Waals surface area (Å²) in [6.45, 7) is 6.83. The van der Waals surface area contributed by atoms with Gasteiger partial charge in [-0.2, -0.15) is 13.2 Å². The number of rotatable bonds is 5. The summed E-state index contributed by atoms with van der Waals surface area (Å²) in [5.41, 5.74) is -0.670. The highest BCUT2D eigenvalue weighted by Crippen LogP contribution is 2.30. The molecule has 158 valence electrons. The predicted molar refractivity (Wildman–Crippen MR) is 102 cm³/mol. The average Bonchev–Trinajstić information content (AvgIpc) is 2.59. The number of alkyl halides is 3. The van der Waals surface area contributed by atoms with Gasteiger partial charge in [-0.25, -0.2) is 17.9 Å². The van der Waals surface area contributed by atoms with Gasteiger partial charge in [0.05, 0.1) is 16.0 Å². The van der Waals surface area contributed by atoms with Crippen molar-refractivity contribution in [2.45, 2.75) is 50.4 Å². The van der Waals surface area contributed by atoms with Crippen molar-refractivity contribution >= 4 is 16.0 Å². The van der Waals surface area contributed by atoms with E-state index in [9.17, 15) is 26.4 Å². The summed E-state index contributed by atoms with van der Waals surface area (Å²) in [6, 6.07) is 8.78. The van der Waals surface area contributed by atoms with Crippen LogP contribution in [0.5, 0.6) is 0 Å². The van der Waals surface area contributed by atoms with Gasteiger partial charge in [-0.15, -0.1) is 0 Å².